The van der Waals surface area contributed by atoms with Gasteiger partial charge in [-0.2, -0.15) is 0 Å². The molecule has 5 rings (SSSR count). The van der Waals surface area contributed by atoms with Crippen LogP contribution in [0.2, 0.25) is 0 Å². The van der Waals surface area contributed by atoms with E-state index >= 15 is 0 Å². The molecule has 0 amide bonds. The maximum atomic E-state index is 12.6. The number of fused-ring (bicyclic) bond motifs is 1. The topological polar surface area (TPSA) is 117 Å². The Bertz CT molecular complexity index is 1320. The molecule has 186 valence electrons. The van der Waals surface area contributed by atoms with Crippen LogP contribution in [0.15, 0.2) is 60.9 Å². The van der Waals surface area contributed by atoms with Crippen molar-refractivity contribution in [3.8, 4) is 22.8 Å². The van der Waals surface area contributed by atoms with E-state index in [4.69, 9.17) is 20.4 Å². The SMILES string of the molecule is CCCC(=O)C1CCNCC(On2nc(-c3ccc(Oc4ccccc4)cc3)c3c(N)ncnc32)C1. The zero-order valence-corrected chi connectivity index (χ0v) is 20.3. The molecule has 0 radical (unpaired) electrons. The Morgan fingerprint density at radius 3 is 2.67 bits per heavy atom. The number of nitrogens with one attached hydrogen (secondary N) is 1. The average molecular weight is 487 g/mol. The molecular formula is C27H30N6O3. The van der Waals surface area contributed by atoms with Crippen molar-refractivity contribution in [2.24, 2.45) is 5.92 Å². The van der Waals surface area contributed by atoms with Crippen LogP contribution in [0.3, 0.4) is 0 Å². The number of carbonyl (C=O) groups is 1. The lowest BCUT2D eigenvalue weighted by Crippen LogP contribution is -2.35. The summed E-state index contributed by atoms with van der Waals surface area (Å²) in [5.41, 5.74) is 8.19. The Balaban J connectivity index is 1.42. The van der Waals surface area contributed by atoms with Gasteiger partial charge in [-0.05, 0) is 62.2 Å². The lowest BCUT2D eigenvalue weighted by Gasteiger charge is -2.19. The smallest absolute Gasteiger partial charge is 0.204 e. The fourth-order valence-electron chi connectivity index (χ4n) is 4.55. The molecule has 0 spiro atoms. The number of ether oxygens (including phenoxy) is 1. The lowest BCUT2D eigenvalue weighted by molar-refractivity contribution is -0.124. The number of ketones is 1. The van der Waals surface area contributed by atoms with E-state index < -0.39 is 0 Å². The van der Waals surface area contributed by atoms with Gasteiger partial charge in [0, 0.05) is 24.4 Å². The van der Waals surface area contributed by atoms with E-state index in [0.717, 1.165) is 30.7 Å². The first kappa shape index (κ1) is 23.7. The van der Waals surface area contributed by atoms with Gasteiger partial charge in [-0.15, -0.1) is 5.10 Å². The molecule has 9 heteroatoms. The van der Waals surface area contributed by atoms with Gasteiger partial charge in [0.1, 0.15) is 41.2 Å². The number of para-hydroxylation sites is 1. The first-order valence-electron chi connectivity index (χ1n) is 12.4. The maximum Gasteiger partial charge on any atom is 0.204 e. The largest absolute Gasteiger partial charge is 0.457 e. The van der Waals surface area contributed by atoms with E-state index in [1.807, 2.05) is 61.5 Å². The summed E-state index contributed by atoms with van der Waals surface area (Å²) in [4.78, 5) is 28.9. The first-order valence-corrected chi connectivity index (χ1v) is 12.4. The third kappa shape index (κ3) is 5.16. The summed E-state index contributed by atoms with van der Waals surface area (Å²) in [6.45, 7) is 3.44. The number of rotatable bonds is 8. The van der Waals surface area contributed by atoms with E-state index in [1.165, 1.54) is 11.2 Å². The van der Waals surface area contributed by atoms with Crippen LogP contribution in [0.5, 0.6) is 11.5 Å². The number of nitrogens with zero attached hydrogens (tertiary/aromatic N) is 4. The molecule has 2 aromatic heterocycles. The summed E-state index contributed by atoms with van der Waals surface area (Å²) in [5.74, 6) is 2.07. The second kappa shape index (κ2) is 10.7. The van der Waals surface area contributed by atoms with Gasteiger partial charge >= 0.3 is 0 Å². The van der Waals surface area contributed by atoms with E-state index in [1.54, 1.807) is 0 Å². The van der Waals surface area contributed by atoms with Crippen LogP contribution < -0.4 is 20.6 Å². The molecule has 3 heterocycles. The van der Waals surface area contributed by atoms with Gasteiger partial charge in [-0.25, -0.2) is 9.97 Å². The van der Waals surface area contributed by atoms with E-state index in [9.17, 15) is 4.79 Å². The molecule has 1 fully saturated rings. The van der Waals surface area contributed by atoms with Crippen LogP contribution in [0.1, 0.15) is 32.6 Å². The molecule has 2 atom stereocenters. The van der Waals surface area contributed by atoms with Crippen molar-refractivity contribution < 1.29 is 14.4 Å². The van der Waals surface area contributed by atoms with Crippen LogP contribution in [0.4, 0.5) is 5.82 Å². The number of nitrogens with two attached hydrogens (primary N) is 1. The fourth-order valence-corrected chi connectivity index (χ4v) is 4.55. The maximum absolute atomic E-state index is 12.6. The predicted octanol–water partition coefficient (Wildman–Crippen LogP) is 4.03. The highest BCUT2D eigenvalue weighted by atomic mass is 16.7. The summed E-state index contributed by atoms with van der Waals surface area (Å²) < 4.78 is 5.91. The summed E-state index contributed by atoms with van der Waals surface area (Å²) in [6, 6.07) is 17.2. The Kier molecular flexibility index (Phi) is 7.08. The molecule has 2 unspecified atom stereocenters. The molecule has 0 saturated carbocycles. The molecule has 3 N–H and O–H groups in total. The van der Waals surface area contributed by atoms with Crippen molar-refractivity contribution in [2.75, 3.05) is 18.8 Å². The van der Waals surface area contributed by atoms with Crippen molar-refractivity contribution >= 4 is 22.6 Å². The predicted molar refractivity (Wildman–Crippen MR) is 138 cm³/mol. The second-order valence-electron chi connectivity index (χ2n) is 8.99. The normalized spacial score (nSPS) is 18.0. The number of benzene rings is 2. The van der Waals surface area contributed by atoms with E-state index in [0.29, 0.717) is 53.5 Å². The highest BCUT2D eigenvalue weighted by Crippen LogP contribution is 2.32. The number of anilines is 1. The van der Waals surface area contributed by atoms with Crippen molar-refractivity contribution in [1.29, 1.82) is 0 Å². The van der Waals surface area contributed by atoms with Gasteiger partial charge in [0.2, 0.25) is 5.65 Å². The third-order valence-corrected chi connectivity index (χ3v) is 6.36. The molecule has 2 aromatic carbocycles. The molecule has 1 saturated heterocycles. The monoisotopic (exact) mass is 486 g/mol. The van der Waals surface area contributed by atoms with Crippen LogP contribution >= 0.6 is 0 Å². The van der Waals surface area contributed by atoms with E-state index in [2.05, 4.69) is 15.3 Å². The zero-order valence-electron chi connectivity index (χ0n) is 20.3. The van der Waals surface area contributed by atoms with Crippen molar-refractivity contribution in [3.63, 3.8) is 0 Å². The van der Waals surface area contributed by atoms with Crippen LogP contribution in [0, 0.1) is 5.92 Å². The van der Waals surface area contributed by atoms with Gasteiger partial charge in [-0.3, -0.25) is 4.79 Å². The number of Topliss-reactive ketones (excluding diaryl/α,β-unsaturated/α-hetero) is 1. The number of carbonyl (C=O) groups excluding carboxylic acids is 1. The Labute approximate surface area is 209 Å². The minimum atomic E-state index is -0.230. The molecule has 1 aliphatic rings. The van der Waals surface area contributed by atoms with Crippen LogP contribution in [-0.2, 0) is 4.79 Å². The Hall–Kier alpha value is -3.98. The number of aromatic nitrogens is 4. The van der Waals surface area contributed by atoms with Gasteiger partial charge < -0.3 is 20.6 Å². The quantitative estimate of drug-likeness (QED) is 0.383. The highest BCUT2D eigenvalue weighted by molar-refractivity contribution is 5.98. The van der Waals surface area contributed by atoms with Crippen molar-refractivity contribution in [1.82, 2.24) is 25.2 Å². The minimum Gasteiger partial charge on any atom is -0.457 e. The average Bonchev–Trinajstić information content (AvgIpc) is 3.09. The molecule has 9 nitrogen and oxygen atoms in total. The highest BCUT2D eigenvalue weighted by Gasteiger charge is 2.28. The van der Waals surface area contributed by atoms with Gasteiger partial charge in [0.25, 0.3) is 0 Å². The molecule has 0 bridgehead atoms. The minimum absolute atomic E-state index is 0.0249. The number of hydrogen-bond donors (Lipinski definition) is 2. The van der Waals surface area contributed by atoms with Gasteiger partial charge in [0.15, 0.2) is 0 Å². The number of hydrogen-bond acceptors (Lipinski definition) is 8. The Morgan fingerprint density at radius 1 is 1.11 bits per heavy atom. The molecule has 4 aromatic rings. The summed E-state index contributed by atoms with van der Waals surface area (Å²) in [6.07, 6.45) is 4.07. The van der Waals surface area contributed by atoms with Gasteiger partial charge in [0.05, 0.1) is 5.39 Å². The van der Waals surface area contributed by atoms with Crippen molar-refractivity contribution in [2.45, 2.75) is 38.7 Å². The molecule has 0 aliphatic carbocycles. The second-order valence-corrected chi connectivity index (χ2v) is 8.99. The molecule has 36 heavy (non-hydrogen) atoms. The van der Waals surface area contributed by atoms with Crippen molar-refractivity contribution in [3.05, 3.63) is 60.9 Å². The molecule has 1 aliphatic heterocycles. The van der Waals surface area contributed by atoms with Crippen LogP contribution in [0.25, 0.3) is 22.3 Å². The van der Waals surface area contributed by atoms with E-state index in [-0.39, 0.29) is 12.0 Å². The lowest BCUT2D eigenvalue weighted by atomic mass is 9.92. The molecular weight excluding hydrogens is 456 g/mol. The third-order valence-electron chi connectivity index (χ3n) is 6.36. The van der Waals surface area contributed by atoms with Gasteiger partial charge in [-0.1, -0.05) is 30.0 Å². The summed E-state index contributed by atoms with van der Waals surface area (Å²) in [7, 11) is 0. The van der Waals surface area contributed by atoms with Crippen LogP contribution in [-0.4, -0.2) is 44.9 Å². The fraction of sp³-hybridized carbons (Fsp3) is 0.333. The Morgan fingerprint density at radius 2 is 1.89 bits per heavy atom. The summed E-state index contributed by atoms with van der Waals surface area (Å²) >= 11 is 0. The standard InChI is InChI=1S/C27H30N6O3/c1-2-6-23(34)19-13-14-29-16-22(15-19)36-33-27-24(26(28)30-17-31-27)25(32-33)18-9-11-21(12-10-18)35-20-7-4-3-5-8-20/h3-5,7-12,17,19,22,29H,2,6,13-16H2,1H3,(H2,28,30,31). The number of nitrogen functional groups attached to an aromatic ring is 1. The first-order chi connectivity index (χ1) is 17.6. The zero-order chi connectivity index (χ0) is 24.9. The summed E-state index contributed by atoms with van der Waals surface area (Å²) in [5, 5.41) is 8.72.